The molecule has 28 heavy (non-hydrogen) atoms. The summed E-state index contributed by atoms with van der Waals surface area (Å²) in [5, 5.41) is 2.40. The number of rotatable bonds is 3. The van der Waals surface area contributed by atoms with Crippen LogP contribution in [0, 0.1) is 20.8 Å². The molecule has 0 N–H and O–H groups in total. The maximum absolute atomic E-state index is 14.7. The molecule has 1 aliphatic rings. The smallest absolute Gasteiger partial charge is 0.246 e. The van der Waals surface area contributed by atoms with Crippen molar-refractivity contribution in [2.45, 2.75) is 40.4 Å². The molecular weight excluding hydrogens is 367 g/mol. The molecule has 4 heteroatoms. The summed E-state index contributed by atoms with van der Waals surface area (Å²) in [6.07, 6.45) is 0. The van der Waals surface area contributed by atoms with Gasteiger partial charge in [-0.2, -0.15) is 0 Å². The van der Waals surface area contributed by atoms with E-state index in [2.05, 4.69) is 0 Å². The molecule has 0 atom stereocenters. The van der Waals surface area contributed by atoms with E-state index in [1.165, 1.54) is 0 Å². The monoisotopic (exact) mass is 392 g/mol. The lowest BCUT2D eigenvalue weighted by atomic mass is 10.2. The molecule has 0 radical (unpaired) electrons. The molecule has 0 fully saturated rings. The third-order valence-corrected chi connectivity index (χ3v) is 8.12. The van der Waals surface area contributed by atoms with Crippen molar-refractivity contribution < 1.29 is 14.0 Å². The van der Waals surface area contributed by atoms with Gasteiger partial charge in [0.15, 0.2) is 18.6 Å². The van der Waals surface area contributed by atoms with Crippen molar-refractivity contribution in [1.29, 1.82) is 0 Å². The summed E-state index contributed by atoms with van der Waals surface area (Å²) < 4.78 is 26.6. The predicted molar refractivity (Wildman–Crippen MR) is 115 cm³/mol. The van der Waals surface area contributed by atoms with E-state index in [-0.39, 0.29) is 0 Å². The first-order valence-electron chi connectivity index (χ1n) is 9.47. The van der Waals surface area contributed by atoms with Gasteiger partial charge >= 0.3 is 0 Å². The minimum Gasteiger partial charge on any atom is -0.449 e. The molecule has 1 heterocycles. The molecule has 0 bridgehead atoms. The number of benzene rings is 3. The Bertz CT molecular complexity index is 1030. The fraction of sp³-hybridized carbons (Fsp3) is 0.250. The third-order valence-electron chi connectivity index (χ3n) is 5.09. The molecule has 144 valence electrons. The van der Waals surface area contributed by atoms with E-state index in [4.69, 9.17) is 9.47 Å². The number of aryl methyl sites for hydroxylation is 3. The van der Waals surface area contributed by atoms with Crippen molar-refractivity contribution in [3.05, 3.63) is 77.4 Å². The molecule has 0 aliphatic carbocycles. The van der Waals surface area contributed by atoms with Crippen LogP contribution in [0.25, 0.3) is 0 Å². The Labute approximate surface area is 166 Å². The highest BCUT2D eigenvalue weighted by Crippen LogP contribution is 2.48. The van der Waals surface area contributed by atoms with E-state index in [1.54, 1.807) is 0 Å². The van der Waals surface area contributed by atoms with Gasteiger partial charge in [-0.05, 0) is 38.5 Å². The van der Waals surface area contributed by atoms with Crippen LogP contribution in [0.1, 0.15) is 30.5 Å². The van der Waals surface area contributed by atoms with Gasteiger partial charge < -0.3 is 14.0 Å². The Balaban J connectivity index is 1.95. The van der Waals surface area contributed by atoms with E-state index in [0.717, 1.165) is 38.4 Å². The van der Waals surface area contributed by atoms with Gasteiger partial charge in [-0.1, -0.05) is 59.7 Å². The van der Waals surface area contributed by atoms with Crippen molar-refractivity contribution in [3.63, 3.8) is 0 Å². The van der Waals surface area contributed by atoms with Crippen LogP contribution in [0.15, 0.2) is 60.7 Å². The minimum absolute atomic E-state index is 0.652. The summed E-state index contributed by atoms with van der Waals surface area (Å²) in [4.78, 5) is 0. The molecule has 1 aliphatic heterocycles. The van der Waals surface area contributed by atoms with E-state index in [0.29, 0.717) is 5.75 Å². The first-order chi connectivity index (χ1) is 13.2. The van der Waals surface area contributed by atoms with Crippen LogP contribution in [0.3, 0.4) is 0 Å². The summed E-state index contributed by atoms with van der Waals surface area (Å²) in [5.41, 5.74) is 3.21. The molecule has 0 spiro atoms. The largest absolute Gasteiger partial charge is 0.449 e. The van der Waals surface area contributed by atoms with Gasteiger partial charge in [0, 0.05) is 29.8 Å². The van der Waals surface area contributed by atoms with Crippen LogP contribution in [-0.2, 0) is 4.57 Å². The van der Waals surface area contributed by atoms with Crippen LogP contribution in [0.2, 0.25) is 0 Å². The van der Waals surface area contributed by atoms with Gasteiger partial charge in [-0.3, -0.25) is 0 Å². The standard InChI is InChI=1S/C24H25O3P/c1-16-6-10-19(11-7-16)28(25,20-12-8-17(2)9-13-20)21-14-18(3)23-22(15-21)26-24(4,5)27-23/h6-15H,1-5H3. The number of fused-ring (bicyclic) bond motifs is 1. The van der Waals surface area contributed by atoms with E-state index in [9.17, 15) is 4.57 Å². The van der Waals surface area contributed by atoms with Crippen molar-refractivity contribution in [2.75, 3.05) is 0 Å². The summed E-state index contributed by atoms with van der Waals surface area (Å²) >= 11 is 0. The zero-order chi connectivity index (χ0) is 20.1. The molecule has 0 saturated carbocycles. The topological polar surface area (TPSA) is 35.5 Å². The predicted octanol–water partition coefficient (Wildman–Crippen LogP) is 4.76. The number of hydrogen-bond donors (Lipinski definition) is 0. The number of hydrogen-bond acceptors (Lipinski definition) is 3. The first kappa shape index (κ1) is 18.8. The average Bonchev–Trinajstić information content (AvgIpc) is 2.97. The molecule has 3 nitrogen and oxygen atoms in total. The van der Waals surface area contributed by atoms with Crippen molar-refractivity contribution in [1.82, 2.24) is 0 Å². The Morgan fingerprint density at radius 3 is 1.71 bits per heavy atom. The van der Waals surface area contributed by atoms with Crippen molar-refractivity contribution in [3.8, 4) is 11.5 Å². The molecule has 3 aromatic carbocycles. The maximum atomic E-state index is 14.7. The lowest BCUT2D eigenvalue weighted by Gasteiger charge is -2.21. The molecule has 0 unspecified atom stereocenters. The van der Waals surface area contributed by atoms with Crippen LogP contribution in [-0.4, -0.2) is 5.79 Å². The first-order valence-corrected chi connectivity index (χ1v) is 11.2. The van der Waals surface area contributed by atoms with E-state index >= 15 is 0 Å². The Morgan fingerprint density at radius 2 is 1.21 bits per heavy atom. The fourth-order valence-corrected chi connectivity index (χ4v) is 6.31. The van der Waals surface area contributed by atoms with Gasteiger partial charge in [-0.25, -0.2) is 0 Å². The minimum atomic E-state index is -3.05. The Hall–Kier alpha value is -2.51. The maximum Gasteiger partial charge on any atom is 0.246 e. The summed E-state index contributed by atoms with van der Waals surface area (Å²) in [7, 11) is -3.05. The van der Waals surface area contributed by atoms with Gasteiger partial charge in [-0.15, -0.1) is 0 Å². The van der Waals surface area contributed by atoms with Crippen molar-refractivity contribution in [2.24, 2.45) is 0 Å². The second-order valence-corrected chi connectivity index (χ2v) is 10.7. The lowest BCUT2D eigenvalue weighted by Crippen LogP contribution is -2.29. The summed E-state index contributed by atoms with van der Waals surface area (Å²) in [6, 6.07) is 19.8. The Morgan fingerprint density at radius 1 is 0.714 bits per heavy atom. The van der Waals surface area contributed by atoms with Crippen LogP contribution in [0.4, 0.5) is 0 Å². The van der Waals surface area contributed by atoms with Gasteiger partial charge in [0.1, 0.15) is 0 Å². The highest BCUT2D eigenvalue weighted by Gasteiger charge is 2.37. The van der Waals surface area contributed by atoms with Gasteiger partial charge in [0.2, 0.25) is 5.79 Å². The summed E-state index contributed by atoms with van der Waals surface area (Å²) in [5.74, 6) is 0.663. The second kappa shape index (κ2) is 6.53. The quantitative estimate of drug-likeness (QED) is 0.603. The Kier molecular flexibility index (Phi) is 4.39. The highest BCUT2D eigenvalue weighted by molar-refractivity contribution is 7.85. The summed E-state index contributed by atoms with van der Waals surface area (Å²) in [6.45, 7) is 9.81. The van der Waals surface area contributed by atoms with E-state index < -0.39 is 12.9 Å². The molecule has 0 amide bonds. The van der Waals surface area contributed by atoms with Gasteiger partial charge in [0.05, 0.1) is 0 Å². The average molecular weight is 392 g/mol. The molecular formula is C24H25O3P. The molecule has 4 rings (SSSR count). The third kappa shape index (κ3) is 3.14. The van der Waals surface area contributed by atoms with Crippen LogP contribution in [0.5, 0.6) is 11.5 Å². The van der Waals surface area contributed by atoms with Crippen LogP contribution >= 0.6 is 7.14 Å². The van der Waals surface area contributed by atoms with Gasteiger partial charge in [0.25, 0.3) is 0 Å². The molecule has 0 saturated heterocycles. The zero-order valence-corrected chi connectivity index (χ0v) is 17.8. The van der Waals surface area contributed by atoms with Crippen LogP contribution < -0.4 is 25.4 Å². The molecule has 3 aromatic rings. The lowest BCUT2D eigenvalue weighted by molar-refractivity contribution is -0.0433. The second-order valence-electron chi connectivity index (χ2n) is 7.97. The fourth-order valence-electron chi connectivity index (χ4n) is 3.60. The molecule has 0 aromatic heterocycles. The zero-order valence-electron chi connectivity index (χ0n) is 16.9. The highest BCUT2D eigenvalue weighted by atomic mass is 31.2. The SMILES string of the molecule is Cc1ccc(P(=O)(c2ccc(C)cc2)c2cc(C)c3c(c2)OC(C)(C)O3)cc1. The van der Waals surface area contributed by atoms with Crippen molar-refractivity contribution >= 4 is 23.1 Å². The normalized spacial score (nSPS) is 14.9. The van der Waals surface area contributed by atoms with E-state index in [1.807, 2.05) is 95.3 Å². The number of ether oxygens (including phenoxy) is 2.